The quantitative estimate of drug-likeness (QED) is 0.404. The highest BCUT2D eigenvalue weighted by molar-refractivity contribution is 6.30. The van der Waals surface area contributed by atoms with Crippen molar-refractivity contribution in [2.75, 3.05) is 31.1 Å². The van der Waals surface area contributed by atoms with E-state index in [2.05, 4.69) is 42.1 Å². The van der Waals surface area contributed by atoms with Crippen LogP contribution in [0.5, 0.6) is 0 Å². The molecule has 32 heavy (non-hydrogen) atoms. The van der Waals surface area contributed by atoms with Crippen LogP contribution < -0.4 is 4.90 Å². The summed E-state index contributed by atoms with van der Waals surface area (Å²) in [6.07, 6.45) is 0. The summed E-state index contributed by atoms with van der Waals surface area (Å²) in [5.41, 5.74) is 6.03. The molecule has 1 aliphatic heterocycles. The number of carbonyl (C=O) groups is 1. The molecule has 6 heteroatoms. The summed E-state index contributed by atoms with van der Waals surface area (Å²) in [7, 11) is 0. The SMILES string of the molecule is Cc1ccc(C)c(N2CCN(C(=O)c3ccc4noc(-c5ccc(Cl)cc5)c4c3)CC2)c1. The van der Waals surface area contributed by atoms with Crippen molar-refractivity contribution in [2.45, 2.75) is 13.8 Å². The molecule has 2 heterocycles. The number of piperazine rings is 1. The van der Waals surface area contributed by atoms with Crippen LogP contribution in [-0.4, -0.2) is 42.1 Å². The highest BCUT2D eigenvalue weighted by Crippen LogP contribution is 2.31. The molecule has 0 aliphatic carbocycles. The largest absolute Gasteiger partial charge is 0.368 e. The molecule has 0 saturated carbocycles. The van der Waals surface area contributed by atoms with Crippen LogP contribution in [-0.2, 0) is 0 Å². The number of halogens is 1. The predicted molar refractivity (Wildman–Crippen MR) is 128 cm³/mol. The van der Waals surface area contributed by atoms with E-state index in [1.165, 1.54) is 16.8 Å². The van der Waals surface area contributed by atoms with Crippen molar-refractivity contribution >= 4 is 34.1 Å². The standard InChI is InChI=1S/C26H24ClN3O2/c1-17-3-4-18(2)24(15-17)29-11-13-30(14-12-29)26(31)20-7-10-23-22(16-20)25(32-28-23)19-5-8-21(27)9-6-19/h3-10,15-16H,11-14H2,1-2H3. The van der Waals surface area contributed by atoms with Gasteiger partial charge in [0.1, 0.15) is 5.52 Å². The van der Waals surface area contributed by atoms with Crippen LogP contribution in [0.1, 0.15) is 21.5 Å². The third-order valence-corrected chi connectivity index (χ3v) is 6.35. The molecule has 1 amide bonds. The molecule has 162 valence electrons. The second-order valence-corrected chi connectivity index (χ2v) is 8.76. The van der Waals surface area contributed by atoms with Crippen molar-refractivity contribution in [1.82, 2.24) is 10.1 Å². The average molecular weight is 446 g/mol. The van der Waals surface area contributed by atoms with Crippen LogP contribution in [0.4, 0.5) is 5.69 Å². The first kappa shape index (κ1) is 20.6. The van der Waals surface area contributed by atoms with E-state index in [0.717, 1.165) is 29.6 Å². The van der Waals surface area contributed by atoms with E-state index in [-0.39, 0.29) is 5.91 Å². The summed E-state index contributed by atoms with van der Waals surface area (Å²) in [6.45, 7) is 7.28. The molecular weight excluding hydrogens is 422 g/mol. The summed E-state index contributed by atoms with van der Waals surface area (Å²) in [6, 6.07) is 19.5. The van der Waals surface area contributed by atoms with Gasteiger partial charge in [-0.15, -0.1) is 0 Å². The molecule has 0 spiro atoms. The molecular formula is C26H24ClN3O2. The number of aromatic nitrogens is 1. The second-order valence-electron chi connectivity index (χ2n) is 8.32. The molecule has 0 bridgehead atoms. The first-order valence-electron chi connectivity index (χ1n) is 10.8. The Morgan fingerprint density at radius 3 is 2.44 bits per heavy atom. The van der Waals surface area contributed by atoms with Crippen LogP contribution in [0.2, 0.25) is 5.02 Å². The van der Waals surface area contributed by atoms with Gasteiger partial charge < -0.3 is 14.3 Å². The fourth-order valence-electron chi connectivity index (χ4n) is 4.28. The zero-order valence-corrected chi connectivity index (χ0v) is 18.9. The smallest absolute Gasteiger partial charge is 0.254 e. The van der Waals surface area contributed by atoms with Crippen LogP contribution in [0.15, 0.2) is 65.2 Å². The first-order chi connectivity index (χ1) is 15.5. The van der Waals surface area contributed by atoms with E-state index < -0.39 is 0 Å². The van der Waals surface area contributed by atoms with Gasteiger partial charge in [-0.3, -0.25) is 4.79 Å². The second kappa shape index (κ2) is 8.32. The zero-order valence-electron chi connectivity index (χ0n) is 18.1. The lowest BCUT2D eigenvalue weighted by Gasteiger charge is -2.37. The number of benzene rings is 3. The fourth-order valence-corrected chi connectivity index (χ4v) is 4.40. The lowest BCUT2D eigenvalue weighted by Crippen LogP contribution is -2.49. The number of fused-ring (bicyclic) bond motifs is 1. The number of nitrogens with zero attached hydrogens (tertiary/aromatic N) is 3. The maximum absolute atomic E-state index is 13.3. The molecule has 1 saturated heterocycles. The van der Waals surface area contributed by atoms with Gasteiger partial charge in [0.15, 0.2) is 5.76 Å². The first-order valence-corrected chi connectivity index (χ1v) is 11.1. The zero-order chi connectivity index (χ0) is 22.2. The third-order valence-electron chi connectivity index (χ3n) is 6.10. The number of anilines is 1. The Hall–Kier alpha value is -3.31. The Kier molecular flexibility index (Phi) is 5.35. The van der Waals surface area contributed by atoms with E-state index in [0.29, 0.717) is 29.4 Å². The van der Waals surface area contributed by atoms with Gasteiger partial charge in [-0.2, -0.15) is 0 Å². The maximum atomic E-state index is 13.3. The number of hydrogen-bond acceptors (Lipinski definition) is 4. The molecule has 1 fully saturated rings. The number of rotatable bonds is 3. The molecule has 1 aliphatic rings. The summed E-state index contributed by atoms with van der Waals surface area (Å²) in [5, 5.41) is 5.64. The number of aryl methyl sites for hydroxylation is 2. The van der Waals surface area contributed by atoms with Crippen molar-refractivity contribution in [3.8, 4) is 11.3 Å². The Labute approximate surface area is 192 Å². The van der Waals surface area contributed by atoms with Crippen LogP contribution >= 0.6 is 11.6 Å². The van der Waals surface area contributed by atoms with Gasteiger partial charge in [0.05, 0.1) is 5.39 Å². The molecule has 1 aromatic heterocycles. The fraction of sp³-hybridized carbons (Fsp3) is 0.231. The van der Waals surface area contributed by atoms with Gasteiger partial charge in [0.2, 0.25) is 0 Å². The molecule has 5 nitrogen and oxygen atoms in total. The van der Waals surface area contributed by atoms with Crippen molar-refractivity contribution < 1.29 is 9.32 Å². The van der Waals surface area contributed by atoms with Gasteiger partial charge >= 0.3 is 0 Å². The maximum Gasteiger partial charge on any atom is 0.254 e. The normalized spacial score (nSPS) is 14.2. The summed E-state index contributed by atoms with van der Waals surface area (Å²) in [5.74, 6) is 0.682. The van der Waals surface area contributed by atoms with Gasteiger partial charge in [0.25, 0.3) is 5.91 Å². The molecule has 0 unspecified atom stereocenters. The Balaban J connectivity index is 1.36. The van der Waals surface area contributed by atoms with E-state index >= 15 is 0 Å². The molecule has 0 radical (unpaired) electrons. The number of amides is 1. The van der Waals surface area contributed by atoms with E-state index in [9.17, 15) is 4.79 Å². The van der Waals surface area contributed by atoms with Crippen molar-refractivity contribution in [3.05, 3.63) is 82.4 Å². The molecule has 5 rings (SSSR count). The van der Waals surface area contributed by atoms with Crippen LogP contribution in [0.3, 0.4) is 0 Å². The molecule has 0 N–H and O–H groups in total. The minimum Gasteiger partial charge on any atom is -0.368 e. The number of carbonyl (C=O) groups excluding carboxylic acids is 1. The molecule has 4 aromatic rings. The lowest BCUT2D eigenvalue weighted by atomic mass is 10.1. The Morgan fingerprint density at radius 1 is 0.938 bits per heavy atom. The van der Waals surface area contributed by atoms with Crippen LogP contribution in [0, 0.1) is 13.8 Å². The lowest BCUT2D eigenvalue weighted by molar-refractivity contribution is 0.0747. The van der Waals surface area contributed by atoms with E-state index in [1.807, 2.05) is 47.4 Å². The summed E-state index contributed by atoms with van der Waals surface area (Å²) >= 11 is 6.01. The van der Waals surface area contributed by atoms with Gasteiger partial charge in [0, 0.05) is 48.0 Å². The summed E-state index contributed by atoms with van der Waals surface area (Å²) in [4.78, 5) is 17.6. The monoisotopic (exact) mass is 445 g/mol. The Bertz CT molecular complexity index is 1290. The van der Waals surface area contributed by atoms with E-state index in [4.69, 9.17) is 16.1 Å². The van der Waals surface area contributed by atoms with Crippen molar-refractivity contribution in [3.63, 3.8) is 0 Å². The highest BCUT2D eigenvalue weighted by atomic mass is 35.5. The highest BCUT2D eigenvalue weighted by Gasteiger charge is 2.24. The molecule has 0 atom stereocenters. The van der Waals surface area contributed by atoms with Gasteiger partial charge in [-0.05, 0) is 73.5 Å². The van der Waals surface area contributed by atoms with Gasteiger partial charge in [-0.1, -0.05) is 28.9 Å². The van der Waals surface area contributed by atoms with Crippen molar-refractivity contribution in [1.29, 1.82) is 0 Å². The van der Waals surface area contributed by atoms with Gasteiger partial charge in [-0.25, -0.2) is 0 Å². The Morgan fingerprint density at radius 2 is 1.69 bits per heavy atom. The minimum atomic E-state index is 0.0378. The van der Waals surface area contributed by atoms with E-state index in [1.54, 1.807) is 0 Å². The third kappa shape index (κ3) is 3.84. The topological polar surface area (TPSA) is 49.6 Å². The van der Waals surface area contributed by atoms with Crippen molar-refractivity contribution in [2.24, 2.45) is 0 Å². The molecule has 3 aromatic carbocycles. The van der Waals surface area contributed by atoms with Crippen LogP contribution in [0.25, 0.3) is 22.2 Å². The predicted octanol–water partition coefficient (Wildman–Crippen LogP) is 5.73. The number of hydrogen-bond donors (Lipinski definition) is 0. The average Bonchev–Trinajstić information content (AvgIpc) is 3.24. The summed E-state index contributed by atoms with van der Waals surface area (Å²) < 4.78 is 5.58. The minimum absolute atomic E-state index is 0.0378.